The molecule has 0 atom stereocenters. The smallest absolute Gasteiger partial charge is 0.145 e. The Balaban J connectivity index is 3.25. The zero-order valence-corrected chi connectivity index (χ0v) is 6.34. The Bertz CT molecular complexity index is 105. The molecule has 0 fully saturated rings. The fraction of sp³-hybridized carbons (Fsp3) is 0.833. The molecule has 0 amide bonds. The van der Waals surface area contributed by atoms with Crippen LogP contribution in [0.3, 0.4) is 0 Å². The molecule has 0 aliphatic carbocycles. The minimum absolute atomic E-state index is 0.0829. The molecule has 10 heavy (non-hydrogen) atoms. The molecule has 4 heteroatoms. The van der Waals surface area contributed by atoms with Gasteiger partial charge in [-0.05, 0) is 19.9 Å². The average molecular weight is 145 g/mol. The zero-order valence-electron chi connectivity index (χ0n) is 6.34. The van der Waals surface area contributed by atoms with E-state index in [4.69, 9.17) is 11.6 Å². The molecule has 0 spiro atoms. The summed E-state index contributed by atoms with van der Waals surface area (Å²) in [7, 11) is 0. The van der Waals surface area contributed by atoms with E-state index >= 15 is 0 Å². The summed E-state index contributed by atoms with van der Waals surface area (Å²) in [4.78, 5) is 10.5. The number of hydrogen-bond donors (Lipinski definition) is 2. The zero-order chi connectivity index (χ0) is 7.98. The molecule has 0 saturated carbocycles. The van der Waals surface area contributed by atoms with Crippen LogP contribution in [0.15, 0.2) is 0 Å². The van der Waals surface area contributed by atoms with Gasteiger partial charge in [0.15, 0.2) is 0 Å². The van der Waals surface area contributed by atoms with E-state index in [2.05, 4.69) is 0 Å². The van der Waals surface area contributed by atoms with Crippen molar-refractivity contribution in [3.63, 3.8) is 0 Å². The third-order valence-electron chi connectivity index (χ3n) is 1.08. The Morgan fingerprint density at radius 1 is 1.60 bits per heavy atom. The normalized spacial score (nSPS) is 10.4. The van der Waals surface area contributed by atoms with Gasteiger partial charge in [-0.25, -0.2) is 5.01 Å². The van der Waals surface area contributed by atoms with Gasteiger partial charge in [-0.3, -0.25) is 10.6 Å². The van der Waals surface area contributed by atoms with Crippen molar-refractivity contribution in [3.05, 3.63) is 0 Å². The molecular formula is C6H15N3O. The van der Waals surface area contributed by atoms with Gasteiger partial charge in [0.25, 0.3) is 0 Å². The number of rotatable bonds is 5. The van der Waals surface area contributed by atoms with E-state index in [9.17, 15) is 4.79 Å². The Morgan fingerprint density at radius 3 is 2.60 bits per heavy atom. The number of nitrogens with zero attached hydrogens (tertiary/aromatic N) is 1. The van der Waals surface area contributed by atoms with E-state index in [1.165, 1.54) is 11.9 Å². The number of Topliss-reactive ketones (excluding diaryl/α,β-unsaturated/α-hetero) is 1. The highest BCUT2D eigenvalue weighted by atomic mass is 16.1. The largest absolute Gasteiger partial charge is 0.330 e. The summed E-state index contributed by atoms with van der Waals surface area (Å²) in [5.74, 6) is 5.50. The maximum absolute atomic E-state index is 10.5. The van der Waals surface area contributed by atoms with Crippen molar-refractivity contribution in [1.29, 1.82) is 0 Å². The number of hydrazine groups is 1. The first-order chi connectivity index (χ1) is 4.66. The number of carbonyl (C=O) groups excluding carboxylic acids is 1. The lowest BCUT2D eigenvalue weighted by Gasteiger charge is -2.12. The van der Waals surface area contributed by atoms with Crippen LogP contribution < -0.4 is 11.6 Å². The molecule has 0 radical (unpaired) electrons. The van der Waals surface area contributed by atoms with Crippen molar-refractivity contribution in [2.45, 2.75) is 13.3 Å². The molecule has 4 nitrogen and oxygen atoms in total. The first-order valence-electron chi connectivity index (χ1n) is 3.36. The Morgan fingerprint density at radius 2 is 2.20 bits per heavy atom. The molecule has 0 aromatic rings. The van der Waals surface area contributed by atoms with Gasteiger partial charge in [-0.2, -0.15) is 0 Å². The van der Waals surface area contributed by atoms with E-state index in [0.29, 0.717) is 19.6 Å². The summed E-state index contributed by atoms with van der Waals surface area (Å²) in [5, 5.41) is 1.48. The summed E-state index contributed by atoms with van der Waals surface area (Å²) < 4.78 is 0. The lowest BCUT2D eigenvalue weighted by molar-refractivity contribution is -0.118. The quantitative estimate of drug-likeness (QED) is 0.388. The van der Waals surface area contributed by atoms with E-state index in [-0.39, 0.29) is 5.78 Å². The highest BCUT2D eigenvalue weighted by Crippen LogP contribution is 1.81. The number of nitrogens with two attached hydrogens (primary N) is 2. The molecular weight excluding hydrogens is 130 g/mol. The molecule has 0 aromatic carbocycles. The molecule has 60 valence electrons. The average Bonchev–Trinajstić information content (AvgIpc) is 1.82. The van der Waals surface area contributed by atoms with Gasteiger partial charge >= 0.3 is 0 Å². The molecule has 0 saturated heterocycles. The van der Waals surface area contributed by atoms with Crippen LogP contribution in [-0.4, -0.2) is 30.4 Å². The highest BCUT2D eigenvalue weighted by molar-refractivity contribution is 5.77. The first-order valence-corrected chi connectivity index (χ1v) is 3.36. The van der Waals surface area contributed by atoms with Gasteiger partial charge in [0.1, 0.15) is 5.78 Å². The molecule has 0 rings (SSSR count). The topological polar surface area (TPSA) is 72.3 Å². The second-order valence-electron chi connectivity index (χ2n) is 2.31. The Hall–Kier alpha value is -0.450. The predicted octanol–water partition coefficient (Wildman–Crippen LogP) is -0.900. The fourth-order valence-electron chi connectivity index (χ4n) is 0.659. The second-order valence-corrected chi connectivity index (χ2v) is 2.31. The van der Waals surface area contributed by atoms with Crippen LogP contribution in [0.4, 0.5) is 0 Å². The van der Waals surface area contributed by atoms with Gasteiger partial charge < -0.3 is 5.73 Å². The van der Waals surface area contributed by atoms with E-state index in [1.54, 1.807) is 0 Å². The van der Waals surface area contributed by atoms with Crippen molar-refractivity contribution in [3.8, 4) is 0 Å². The molecule has 0 heterocycles. The van der Waals surface area contributed by atoms with Crippen LogP contribution in [0.5, 0.6) is 0 Å². The van der Waals surface area contributed by atoms with Crippen LogP contribution >= 0.6 is 0 Å². The monoisotopic (exact) mass is 145 g/mol. The van der Waals surface area contributed by atoms with Gasteiger partial charge in [0.05, 0.1) is 6.54 Å². The summed E-state index contributed by atoms with van der Waals surface area (Å²) in [6.07, 6.45) is 0.837. The van der Waals surface area contributed by atoms with Crippen LogP contribution in [0.25, 0.3) is 0 Å². The van der Waals surface area contributed by atoms with Crippen LogP contribution in [0, 0.1) is 0 Å². The predicted molar refractivity (Wildman–Crippen MR) is 40.1 cm³/mol. The van der Waals surface area contributed by atoms with E-state index in [0.717, 1.165) is 6.42 Å². The lowest BCUT2D eigenvalue weighted by atomic mass is 10.4. The minimum atomic E-state index is 0.0829. The maximum atomic E-state index is 10.5. The molecule has 0 aliphatic heterocycles. The highest BCUT2D eigenvalue weighted by Gasteiger charge is 1.99. The van der Waals surface area contributed by atoms with E-state index in [1.807, 2.05) is 0 Å². The number of carbonyl (C=O) groups is 1. The standard InChI is InChI=1S/C6H15N3O/c1-6(10)5-9(8)4-2-3-7/h2-5,7-8H2,1H3. The van der Waals surface area contributed by atoms with Crippen molar-refractivity contribution in [1.82, 2.24) is 5.01 Å². The van der Waals surface area contributed by atoms with Crippen molar-refractivity contribution >= 4 is 5.78 Å². The molecule has 0 aliphatic rings. The Labute approximate surface area is 61.1 Å². The third kappa shape index (κ3) is 5.68. The van der Waals surface area contributed by atoms with Crippen LogP contribution in [-0.2, 0) is 4.79 Å². The number of ketones is 1. The maximum Gasteiger partial charge on any atom is 0.145 e. The third-order valence-corrected chi connectivity index (χ3v) is 1.08. The first kappa shape index (κ1) is 9.55. The van der Waals surface area contributed by atoms with Gasteiger partial charge in [0.2, 0.25) is 0 Å². The lowest BCUT2D eigenvalue weighted by Crippen LogP contribution is -2.36. The Kier molecular flexibility index (Phi) is 5.10. The molecule has 4 N–H and O–H groups in total. The summed E-state index contributed by atoms with van der Waals surface area (Å²) in [6, 6.07) is 0. The van der Waals surface area contributed by atoms with E-state index < -0.39 is 0 Å². The SMILES string of the molecule is CC(=O)CN(N)CCCN. The summed E-state index contributed by atoms with van der Waals surface area (Å²) in [5.41, 5.74) is 5.24. The van der Waals surface area contributed by atoms with Gasteiger partial charge in [-0.15, -0.1) is 0 Å². The van der Waals surface area contributed by atoms with Gasteiger partial charge in [0, 0.05) is 6.54 Å². The number of hydrogen-bond acceptors (Lipinski definition) is 4. The minimum Gasteiger partial charge on any atom is -0.330 e. The fourth-order valence-corrected chi connectivity index (χ4v) is 0.659. The van der Waals surface area contributed by atoms with Crippen LogP contribution in [0.1, 0.15) is 13.3 Å². The van der Waals surface area contributed by atoms with Gasteiger partial charge in [-0.1, -0.05) is 0 Å². The second kappa shape index (κ2) is 5.34. The summed E-state index contributed by atoms with van der Waals surface area (Å²) >= 11 is 0. The molecule has 0 aromatic heterocycles. The van der Waals surface area contributed by atoms with Crippen molar-refractivity contribution in [2.24, 2.45) is 11.6 Å². The molecule has 0 bridgehead atoms. The summed E-state index contributed by atoms with van der Waals surface area (Å²) in [6.45, 7) is 3.14. The van der Waals surface area contributed by atoms with Crippen LogP contribution in [0.2, 0.25) is 0 Å². The van der Waals surface area contributed by atoms with Crippen molar-refractivity contribution < 1.29 is 4.79 Å². The van der Waals surface area contributed by atoms with Crippen molar-refractivity contribution in [2.75, 3.05) is 19.6 Å². The molecule has 0 unspecified atom stereocenters.